The minimum atomic E-state index is -0.397. The average molecular weight is 244 g/mol. The minimum absolute atomic E-state index is 0. The second kappa shape index (κ2) is 7.66. The fraction of sp³-hybridized carbons (Fsp3) is 0.538. The van der Waals surface area contributed by atoms with Crippen molar-refractivity contribution in [2.45, 2.75) is 32.9 Å². The molecule has 2 atom stereocenters. The molecule has 0 aromatic heterocycles. The molecule has 0 radical (unpaired) electrons. The molecule has 1 unspecified atom stereocenters. The molecule has 1 rings (SSSR count). The van der Waals surface area contributed by atoms with Crippen LogP contribution in [-0.2, 0) is 0 Å². The fourth-order valence-electron chi connectivity index (χ4n) is 1.93. The van der Waals surface area contributed by atoms with Crippen molar-refractivity contribution in [3.05, 3.63) is 35.9 Å². The van der Waals surface area contributed by atoms with E-state index in [1.54, 1.807) is 0 Å². The molecule has 2 nitrogen and oxygen atoms in total. The Bertz CT molecular complexity index is 275. The van der Waals surface area contributed by atoms with Gasteiger partial charge < -0.3 is 5.11 Å². The topological polar surface area (TPSA) is 23.5 Å². The number of benzene rings is 1. The Kier molecular flexibility index (Phi) is 7.39. The highest BCUT2D eigenvalue weighted by molar-refractivity contribution is 5.85. The number of aliphatic hydroxyl groups is 1. The van der Waals surface area contributed by atoms with E-state index in [1.807, 2.05) is 30.3 Å². The van der Waals surface area contributed by atoms with Crippen molar-refractivity contribution in [3.63, 3.8) is 0 Å². The zero-order valence-corrected chi connectivity index (χ0v) is 11.1. The third-order valence-corrected chi connectivity index (χ3v) is 2.99. The van der Waals surface area contributed by atoms with Gasteiger partial charge in [0.2, 0.25) is 0 Å². The van der Waals surface area contributed by atoms with E-state index in [2.05, 4.69) is 25.7 Å². The number of likely N-dealkylation sites (N-methyl/N-ethyl adjacent to an activating group) is 1. The molecule has 0 aliphatic heterocycles. The number of rotatable bonds is 5. The molecule has 0 aliphatic rings. The Morgan fingerprint density at radius 2 is 1.62 bits per heavy atom. The predicted molar refractivity (Wildman–Crippen MR) is 71.0 cm³/mol. The molecule has 16 heavy (non-hydrogen) atoms. The van der Waals surface area contributed by atoms with E-state index in [4.69, 9.17) is 0 Å². The highest BCUT2D eigenvalue weighted by atomic mass is 35.5. The molecular formula is C13H22ClNO. The molecule has 0 fully saturated rings. The number of nitrogens with zero attached hydrogens (tertiary/aromatic N) is 1. The summed E-state index contributed by atoms with van der Waals surface area (Å²) in [4.78, 5) is 2.26. The van der Waals surface area contributed by atoms with Crippen molar-refractivity contribution < 1.29 is 5.11 Å². The highest BCUT2D eigenvalue weighted by Gasteiger charge is 2.20. The van der Waals surface area contributed by atoms with Crippen molar-refractivity contribution in [3.8, 4) is 0 Å². The summed E-state index contributed by atoms with van der Waals surface area (Å²) in [5, 5.41) is 10.2. The van der Waals surface area contributed by atoms with E-state index in [1.165, 1.54) is 0 Å². The van der Waals surface area contributed by atoms with Crippen LogP contribution >= 0.6 is 12.4 Å². The standard InChI is InChI=1S/C13H21NO.ClH/c1-4-14(5-2)11(3)13(15)12-9-7-6-8-10-12;/h6-11,13,15H,4-5H2,1-3H3;1H/t11-,13?;/m0./s1. The van der Waals surface area contributed by atoms with Crippen LogP contribution in [0, 0.1) is 0 Å². The Labute approximate surface area is 105 Å². The molecule has 0 bridgehead atoms. The quantitative estimate of drug-likeness (QED) is 0.860. The molecule has 0 aliphatic carbocycles. The second-order valence-corrected chi connectivity index (χ2v) is 3.82. The van der Waals surface area contributed by atoms with Gasteiger partial charge in [-0.15, -0.1) is 12.4 Å². The monoisotopic (exact) mass is 243 g/mol. The summed E-state index contributed by atoms with van der Waals surface area (Å²) in [6.07, 6.45) is -0.397. The summed E-state index contributed by atoms with van der Waals surface area (Å²) in [6, 6.07) is 10.0. The molecule has 3 heteroatoms. The van der Waals surface area contributed by atoms with Crippen LogP contribution in [0.3, 0.4) is 0 Å². The van der Waals surface area contributed by atoms with Gasteiger partial charge in [0.25, 0.3) is 0 Å². The molecule has 1 aromatic carbocycles. The van der Waals surface area contributed by atoms with Crippen molar-refractivity contribution in [1.29, 1.82) is 0 Å². The van der Waals surface area contributed by atoms with E-state index in [9.17, 15) is 5.11 Å². The van der Waals surface area contributed by atoms with Crippen LogP contribution in [0.5, 0.6) is 0 Å². The summed E-state index contributed by atoms with van der Waals surface area (Å²) in [5.41, 5.74) is 0.997. The van der Waals surface area contributed by atoms with Crippen LogP contribution in [-0.4, -0.2) is 29.1 Å². The molecule has 0 saturated carbocycles. The van der Waals surface area contributed by atoms with Gasteiger partial charge in [-0.2, -0.15) is 0 Å². The second-order valence-electron chi connectivity index (χ2n) is 3.82. The number of aliphatic hydroxyl groups excluding tert-OH is 1. The molecule has 0 spiro atoms. The Balaban J connectivity index is 0.00000225. The normalized spacial score (nSPS) is 14.3. The SMILES string of the molecule is CCN(CC)[C@@H](C)C(O)c1ccccc1.Cl. The van der Waals surface area contributed by atoms with Crippen LogP contribution in [0.2, 0.25) is 0 Å². The van der Waals surface area contributed by atoms with Crippen LogP contribution in [0.25, 0.3) is 0 Å². The lowest BCUT2D eigenvalue weighted by Crippen LogP contribution is -2.37. The van der Waals surface area contributed by atoms with Crippen molar-refractivity contribution >= 4 is 12.4 Å². The van der Waals surface area contributed by atoms with Gasteiger partial charge in [0.05, 0.1) is 6.10 Å². The first-order valence-corrected chi connectivity index (χ1v) is 5.67. The van der Waals surface area contributed by atoms with Gasteiger partial charge >= 0.3 is 0 Å². The number of hydrogen-bond acceptors (Lipinski definition) is 2. The molecule has 1 N–H and O–H groups in total. The minimum Gasteiger partial charge on any atom is -0.387 e. The lowest BCUT2D eigenvalue weighted by atomic mass is 10.0. The van der Waals surface area contributed by atoms with Crippen molar-refractivity contribution in [2.24, 2.45) is 0 Å². The smallest absolute Gasteiger partial charge is 0.0942 e. The zero-order chi connectivity index (χ0) is 11.3. The number of halogens is 1. The van der Waals surface area contributed by atoms with Gasteiger partial charge in [-0.05, 0) is 25.6 Å². The highest BCUT2D eigenvalue weighted by Crippen LogP contribution is 2.20. The summed E-state index contributed by atoms with van der Waals surface area (Å²) in [5.74, 6) is 0. The maximum Gasteiger partial charge on any atom is 0.0942 e. The lowest BCUT2D eigenvalue weighted by molar-refractivity contribution is 0.0638. The van der Waals surface area contributed by atoms with Crippen LogP contribution < -0.4 is 0 Å². The third-order valence-electron chi connectivity index (χ3n) is 2.99. The van der Waals surface area contributed by atoms with Gasteiger partial charge in [0.15, 0.2) is 0 Å². The van der Waals surface area contributed by atoms with Crippen molar-refractivity contribution in [1.82, 2.24) is 4.90 Å². The van der Waals surface area contributed by atoms with Gasteiger partial charge in [-0.25, -0.2) is 0 Å². The van der Waals surface area contributed by atoms with E-state index in [0.717, 1.165) is 18.7 Å². The first-order valence-electron chi connectivity index (χ1n) is 5.67. The van der Waals surface area contributed by atoms with Crippen LogP contribution in [0.4, 0.5) is 0 Å². The Morgan fingerprint density at radius 1 is 1.12 bits per heavy atom. The Hall–Kier alpha value is -0.570. The van der Waals surface area contributed by atoms with Gasteiger partial charge in [0.1, 0.15) is 0 Å². The fourth-order valence-corrected chi connectivity index (χ4v) is 1.93. The maximum absolute atomic E-state index is 10.2. The maximum atomic E-state index is 10.2. The largest absolute Gasteiger partial charge is 0.387 e. The van der Waals surface area contributed by atoms with Crippen LogP contribution in [0.1, 0.15) is 32.4 Å². The molecular weight excluding hydrogens is 222 g/mol. The van der Waals surface area contributed by atoms with Crippen LogP contribution in [0.15, 0.2) is 30.3 Å². The third kappa shape index (κ3) is 3.78. The molecule has 0 heterocycles. The first kappa shape index (κ1) is 15.4. The van der Waals surface area contributed by atoms with Gasteiger partial charge in [-0.1, -0.05) is 44.2 Å². The summed E-state index contributed by atoms with van der Waals surface area (Å²) < 4.78 is 0. The molecule has 1 aromatic rings. The van der Waals surface area contributed by atoms with E-state index >= 15 is 0 Å². The summed E-state index contributed by atoms with van der Waals surface area (Å²) in [6.45, 7) is 8.27. The van der Waals surface area contributed by atoms with Crippen molar-refractivity contribution in [2.75, 3.05) is 13.1 Å². The van der Waals surface area contributed by atoms with Gasteiger partial charge in [-0.3, -0.25) is 4.90 Å². The Morgan fingerprint density at radius 3 is 2.06 bits per heavy atom. The first-order chi connectivity index (χ1) is 7.20. The molecule has 0 saturated heterocycles. The summed E-state index contributed by atoms with van der Waals surface area (Å²) >= 11 is 0. The summed E-state index contributed by atoms with van der Waals surface area (Å²) in [7, 11) is 0. The van der Waals surface area contributed by atoms with E-state index < -0.39 is 6.10 Å². The van der Waals surface area contributed by atoms with Gasteiger partial charge in [0, 0.05) is 6.04 Å². The predicted octanol–water partition coefficient (Wildman–Crippen LogP) is 2.87. The molecule has 92 valence electrons. The zero-order valence-electron chi connectivity index (χ0n) is 10.3. The number of hydrogen-bond donors (Lipinski definition) is 1. The molecule has 0 amide bonds. The van der Waals surface area contributed by atoms with E-state index in [0.29, 0.717) is 0 Å². The lowest BCUT2D eigenvalue weighted by Gasteiger charge is -2.30. The van der Waals surface area contributed by atoms with E-state index in [-0.39, 0.29) is 18.4 Å². The average Bonchev–Trinajstić information content (AvgIpc) is 2.30.